The Kier molecular flexibility index (Phi) is 6.40. The molecule has 1 rings (SSSR count). The first-order valence-corrected chi connectivity index (χ1v) is 6.75. The molecule has 0 amide bonds. The third-order valence-corrected chi connectivity index (χ3v) is 3.20. The van der Waals surface area contributed by atoms with Crippen molar-refractivity contribution < 1.29 is 14.3 Å². The van der Waals surface area contributed by atoms with E-state index in [1.807, 2.05) is 0 Å². The van der Waals surface area contributed by atoms with Crippen LogP contribution in [0.15, 0.2) is 23.8 Å². The van der Waals surface area contributed by atoms with Crippen molar-refractivity contribution in [1.82, 2.24) is 0 Å². The Hall–Kier alpha value is -1.38. The molecule has 0 aromatic heterocycles. The zero-order valence-electron chi connectivity index (χ0n) is 11.3. The number of hydrogen-bond acceptors (Lipinski definition) is 3. The molecule has 0 saturated carbocycles. The number of esters is 1. The van der Waals surface area contributed by atoms with Crippen LogP contribution in [0, 0.1) is 5.92 Å². The lowest BCUT2D eigenvalue weighted by atomic mass is 10.0. The van der Waals surface area contributed by atoms with Crippen molar-refractivity contribution >= 4 is 11.8 Å². The molecule has 18 heavy (non-hydrogen) atoms. The van der Waals surface area contributed by atoms with E-state index < -0.39 is 0 Å². The van der Waals surface area contributed by atoms with Crippen molar-refractivity contribution in [3.8, 4) is 0 Å². The zero-order chi connectivity index (χ0) is 13.4. The van der Waals surface area contributed by atoms with Gasteiger partial charge in [-0.1, -0.05) is 39.2 Å². The topological polar surface area (TPSA) is 43.4 Å². The molecule has 0 N–H and O–H groups in total. The minimum Gasteiger partial charge on any atom is -0.462 e. The molecule has 0 heterocycles. The first-order chi connectivity index (χ1) is 8.67. The van der Waals surface area contributed by atoms with Crippen molar-refractivity contribution in [3.05, 3.63) is 23.8 Å². The van der Waals surface area contributed by atoms with Crippen LogP contribution in [0.4, 0.5) is 0 Å². The second-order valence-electron chi connectivity index (χ2n) is 4.68. The predicted molar refractivity (Wildman–Crippen MR) is 71.1 cm³/mol. The molecular formula is C15H22O3. The van der Waals surface area contributed by atoms with Crippen molar-refractivity contribution in [2.24, 2.45) is 5.92 Å². The number of carbonyl (C=O) groups excluding carboxylic acids is 2. The van der Waals surface area contributed by atoms with Crippen molar-refractivity contribution in [1.29, 1.82) is 0 Å². The number of ketones is 1. The number of unbranched alkanes of at least 4 members (excludes halogenated alkanes) is 1. The van der Waals surface area contributed by atoms with E-state index in [4.69, 9.17) is 4.74 Å². The number of ether oxygens (including phenoxy) is 1. The molecule has 1 aliphatic carbocycles. The van der Waals surface area contributed by atoms with E-state index in [0.29, 0.717) is 24.5 Å². The molecular weight excluding hydrogens is 228 g/mol. The normalized spacial score (nSPS) is 16.3. The molecule has 0 bridgehead atoms. The first kappa shape index (κ1) is 14.7. The monoisotopic (exact) mass is 250 g/mol. The fraction of sp³-hybridized carbons (Fsp3) is 0.600. The van der Waals surface area contributed by atoms with Crippen LogP contribution in [0.1, 0.15) is 46.0 Å². The Morgan fingerprint density at radius 3 is 2.72 bits per heavy atom. The highest BCUT2D eigenvalue weighted by Gasteiger charge is 2.14. The number of rotatable bonds is 7. The molecule has 1 atom stereocenters. The predicted octanol–water partition coefficient (Wildman–Crippen LogP) is 3.20. The summed E-state index contributed by atoms with van der Waals surface area (Å²) in [5.74, 6) is 0.165. The van der Waals surface area contributed by atoms with Crippen LogP contribution < -0.4 is 0 Å². The van der Waals surface area contributed by atoms with Crippen LogP contribution in [0.5, 0.6) is 0 Å². The molecule has 0 spiro atoms. The second kappa shape index (κ2) is 7.85. The molecule has 0 aromatic carbocycles. The second-order valence-corrected chi connectivity index (χ2v) is 4.68. The minimum absolute atomic E-state index is 0.0286. The van der Waals surface area contributed by atoms with E-state index in [1.165, 1.54) is 18.9 Å². The molecule has 3 nitrogen and oxygen atoms in total. The van der Waals surface area contributed by atoms with Crippen molar-refractivity contribution in [3.63, 3.8) is 0 Å². The van der Waals surface area contributed by atoms with Crippen molar-refractivity contribution in [2.45, 2.75) is 46.0 Å². The van der Waals surface area contributed by atoms with Gasteiger partial charge in [-0.2, -0.15) is 0 Å². The Balaban J connectivity index is 2.36. The molecule has 0 aliphatic heterocycles. The van der Waals surface area contributed by atoms with E-state index >= 15 is 0 Å². The summed E-state index contributed by atoms with van der Waals surface area (Å²) in [4.78, 5) is 22.7. The Labute approximate surface area is 109 Å². The molecule has 3 heteroatoms. The van der Waals surface area contributed by atoms with Gasteiger partial charge in [0, 0.05) is 6.42 Å². The minimum atomic E-state index is -0.311. The number of hydrogen-bond donors (Lipinski definition) is 0. The lowest BCUT2D eigenvalue weighted by molar-refractivity contribution is -0.140. The summed E-state index contributed by atoms with van der Waals surface area (Å²) < 4.78 is 5.30. The lowest BCUT2D eigenvalue weighted by Gasteiger charge is -2.15. The van der Waals surface area contributed by atoms with Gasteiger partial charge in [-0.3, -0.25) is 4.79 Å². The molecule has 0 fully saturated rings. The van der Waals surface area contributed by atoms with E-state index in [2.05, 4.69) is 13.8 Å². The van der Waals surface area contributed by atoms with Gasteiger partial charge in [0.15, 0.2) is 5.78 Å². The Bertz CT molecular complexity index is 353. The Morgan fingerprint density at radius 2 is 2.17 bits per heavy atom. The van der Waals surface area contributed by atoms with Gasteiger partial charge in [-0.25, -0.2) is 4.79 Å². The maximum atomic E-state index is 11.7. The largest absolute Gasteiger partial charge is 0.462 e. The van der Waals surface area contributed by atoms with Gasteiger partial charge in [-0.05, 0) is 24.5 Å². The molecule has 0 radical (unpaired) electrons. The van der Waals surface area contributed by atoms with Crippen LogP contribution in [-0.2, 0) is 14.3 Å². The van der Waals surface area contributed by atoms with Gasteiger partial charge < -0.3 is 4.74 Å². The highest BCUT2D eigenvalue weighted by molar-refractivity contribution is 6.00. The van der Waals surface area contributed by atoms with Gasteiger partial charge in [-0.15, -0.1) is 0 Å². The maximum Gasteiger partial charge on any atom is 0.337 e. The summed E-state index contributed by atoms with van der Waals surface area (Å²) in [6, 6.07) is 0. The van der Waals surface area contributed by atoms with Gasteiger partial charge in [0.2, 0.25) is 0 Å². The Morgan fingerprint density at radius 1 is 1.39 bits per heavy atom. The summed E-state index contributed by atoms with van der Waals surface area (Å²) >= 11 is 0. The first-order valence-electron chi connectivity index (χ1n) is 6.75. The fourth-order valence-corrected chi connectivity index (χ4v) is 1.86. The number of carbonyl (C=O) groups is 2. The smallest absolute Gasteiger partial charge is 0.337 e. The van der Waals surface area contributed by atoms with Crippen LogP contribution in [-0.4, -0.2) is 18.4 Å². The van der Waals surface area contributed by atoms with E-state index in [9.17, 15) is 9.59 Å². The third-order valence-electron chi connectivity index (χ3n) is 3.20. The molecule has 0 aromatic rings. The van der Waals surface area contributed by atoms with Crippen LogP contribution in [0.2, 0.25) is 0 Å². The standard InChI is InChI=1S/C15H22O3/c1-3-5-6-12(4-2)11-18-15(17)13-7-9-14(16)10-8-13/h7-9,12H,3-6,10-11H2,1-2H3. The zero-order valence-corrected chi connectivity index (χ0v) is 11.3. The van der Waals surface area contributed by atoms with Gasteiger partial charge in [0.05, 0.1) is 12.2 Å². The highest BCUT2D eigenvalue weighted by atomic mass is 16.5. The van der Waals surface area contributed by atoms with E-state index in [1.54, 1.807) is 12.2 Å². The lowest BCUT2D eigenvalue weighted by Crippen LogP contribution is -2.16. The SMILES string of the molecule is CCCCC(CC)COC(=O)C1=CCC(=O)C=C1. The molecule has 100 valence electrons. The van der Waals surface area contributed by atoms with Gasteiger partial charge in [0.1, 0.15) is 0 Å². The average molecular weight is 250 g/mol. The summed E-state index contributed by atoms with van der Waals surface area (Å²) in [7, 11) is 0. The summed E-state index contributed by atoms with van der Waals surface area (Å²) in [5, 5.41) is 0. The third kappa shape index (κ3) is 4.86. The molecule has 1 unspecified atom stereocenters. The van der Waals surface area contributed by atoms with E-state index in [-0.39, 0.29) is 11.8 Å². The summed E-state index contributed by atoms with van der Waals surface area (Å²) in [5.41, 5.74) is 0.500. The van der Waals surface area contributed by atoms with Crippen LogP contribution >= 0.6 is 0 Å². The van der Waals surface area contributed by atoms with Gasteiger partial charge in [0.25, 0.3) is 0 Å². The quantitative estimate of drug-likeness (QED) is 0.652. The summed E-state index contributed by atoms with van der Waals surface area (Å²) in [6.45, 7) is 4.76. The fourth-order valence-electron chi connectivity index (χ4n) is 1.86. The average Bonchev–Trinajstić information content (AvgIpc) is 2.39. The maximum absolute atomic E-state index is 11.7. The van der Waals surface area contributed by atoms with Crippen LogP contribution in [0.3, 0.4) is 0 Å². The number of allylic oxidation sites excluding steroid dienone is 2. The molecule has 0 saturated heterocycles. The van der Waals surface area contributed by atoms with E-state index in [0.717, 1.165) is 12.8 Å². The van der Waals surface area contributed by atoms with Crippen LogP contribution in [0.25, 0.3) is 0 Å². The molecule has 1 aliphatic rings. The van der Waals surface area contributed by atoms with Crippen molar-refractivity contribution in [2.75, 3.05) is 6.61 Å². The summed E-state index contributed by atoms with van der Waals surface area (Å²) in [6.07, 6.45) is 9.39. The van der Waals surface area contributed by atoms with Gasteiger partial charge >= 0.3 is 5.97 Å². The highest BCUT2D eigenvalue weighted by Crippen LogP contribution is 2.15.